The number of imidazole rings is 1. The van der Waals surface area contributed by atoms with Crippen LogP contribution in [0.2, 0.25) is 0 Å². The van der Waals surface area contributed by atoms with Crippen LogP contribution in [0.4, 0.5) is 20.6 Å². The van der Waals surface area contributed by atoms with E-state index < -0.39 is 35.9 Å². The summed E-state index contributed by atoms with van der Waals surface area (Å²) in [5.41, 5.74) is 6.80. The molecule has 0 saturated carbocycles. The number of piperazine rings is 1. The van der Waals surface area contributed by atoms with Crippen molar-refractivity contribution >= 4 is 40.9 Å². The van der Waals surface area contributed by atoms with E-state index in [2.05, 4.69) is 15.3 Å². The topological polar surface area (TPSA) is 165 Å². The third-order valence-electron chi connectivity index (χ3n) is 6.77. The fourth-order valence-electron chi connectivity index (χ4n) is 4.55. The van der Waals surface area contributed by atoms with E-state index in [1.807, 2.05) is 4.90 Å². The average Bonchev–Trinajstić information content (AvgIpc) is 3.58. The molecule has 15 heteroatoms. The lowest BCUT2D eigenvalue weighted by Crippen LogP contribution is -2.51. The molecule has 0 bridgehead atoms. The molecule has 41 heavy (non-hydrogen) atoms. The number of nitrogens with one attached hydrogen (secondary N) is 1. The van der Waals surface area contributed by atoms with Crippen LogP contribution in [-0.4, -0.2) is 101 Å². The van der Waals surface area contributed by atoms with Crippen LogP contribution in [0.5, 0.6) is 0 Å². The number of anilines is 2. The molecule has 1 aromatic carbocycles. The first kappa shape index (κ1) is 27.8. The number of fused-ring (bicyclic) bond motifs is 1. The first-order valence-electron chi connectivity index (χ1n) is 13.0. The number of cyclic esters (lactones) is 1. The third-order valence-corrected chi connectivity index (χ3v) is 6.77. The Bertz CT molecular complexity index is 1440. The monoisotopic (exact) mass is 568 g/mol. The number of aromatic nitrogens is 3. The molecule has 5 rings (SSSR count). The van der Waals surface area contributed by atoms with Crippen molar-refractivity contribution in [1.29, 1.82) is 0 Å². The Hall–Kier alpha value is -4.79. The van der Waals surface area contributed by atoms with E-state index >= 15 is 4.39 Å². The number of carbonyl (C=O) groups is 4. The Balaban J connectivity index is 1.11. The summed E-state index contributed by atoms with van der Waals surface area (Å²) < 4.78 is 27.0. The van der Waals surface area contributed by atoms with Crippen LogP contribution in [0.3, 0.4) is 0 Å². The van der Waals surface area contributed by atoms with E-state index in [0.717, 1.165) is 0 Å². The van der Waals surface area contributed by atoms with Crippen LogP contribution in [0.25, 0.3) is 5.65 Å². The number of amides is 3. The number of halogens is 1. The summed E-state index contributed by atoms with van der Waals surface area (Å²) in [5, 5.41) is 2.59. The van der Waals surface area contributed by atoms with Crippen molar-refractivity contribution < 1.29 is 33.0 Å². The van der Waals surface area contributed by atoms with Crippen molar-refractivity contribution in [3.8, 4) is 0 Å². The zero-order valence-electron chi connectivity index (χ0n) is 22.2. The molecule has 0 radical (unpaired) electrons. The molecule has 216 valence electrons. The lowest BCUT2D eigenvalue weighted by Gasteiger charge is -2.36. The Labute approximate surface area is 233 Å². The van der Waals surface area contributed by atoms with Gasteiger partial charge in [-0.15, -0.1) is 0 Å². The first-order chi connectivity index (χ1) is 19.7. The molecule has 14 nitrogen and oxygen atoms in total. The minimum atomic E-state index is -0.794. The fourth-order valence-corrected chi connectivity index (χ4v) is 4.55. The van der Waals surface area contributed by atoms with Crippen LogP contribution in [0, 0.1) is 5.82 Å². The SMILES string of the molecule is C[C@H](N)C(=O)OC[C@H]1CN(c2ccc(N3CCN(C(=O)CNC(=O)c4cn5ccncc5n4)CC3)c(F)c2)C(=O)O1. The van der Waals surface area contributed by atoms with Crippen LogP contribution in [-0.2, 0) is 19.1 Å². The second kappa shape index (κ2) is 11.8. The molecule has 2 saturated heterocycles. The fraction of sp³-hybridized carbons (Fsp3) is 0.385. The Morgan fingerprint density at radius 2 is 2.02 bits per heavy atom. The molecule has 2 aromatic heterocycles. The summed E-state index contributed by atoms with van der Waals surface area (Å²) in [6, 6.07) is 3.63. The van der Waals surface area contributed by atoms with Crippen molar-refractivity contribution in [3.05, 3.63) is 54.5 Å². The van der Waals surface area contributed by atoms with Crippen molar-refractivity contribution in [3.63, 3.8) is 0 Å². The summed E-state index contributed by atoms with van der Waals surface area (Å²) in [6.07, 6.45) is 4.96. The van der Waals surface area contributed by atoms with Gasteiger partial charge in [-0.3, -0.25) is 24.3 Å². The molecule has 2 atom stereocenters. The number of esters is 1. The Morgan fingerprint density at radius 3 is 2.73 bits per heavy atom. The number of benzene rings is 1. The number of nitrogens with two attached hydrogens (primary N) is 1. The maximum Gasteiger partial charge on any atom is 0.414 e. The Morgan fingerprint density at radius 1 is 1.24 bits per heavy atom. The second-order valence-electron chi connectivity index (χ2n) is 9.69. The van der Waals surface area contributed by atoms with Gasteiger partial charge in [0.05, 0.1) is 30.7 Å². The molecule has 3 amide bonds. The van der Waals surface area contributed by atoms with Gasteiger partial charge in [-0.1, -0.05) is 0 Å². The van der Waals surface area contributed by atoms with E-state index in [0.29, 0.717) is 43.2 Å². The molecular formula is C26H29FN8O6. The van der Waals surface area contributed by atoms with Crippen molar-refractivity contribution in [1.82, 2.24) is 24.6 Å². The predicted octanol–water partition coefficient (Wildman–Crippen LogP) is 0.163. The van der Waals surface area contributed by atoms with Crippen LogP contribution < -0.4 is 20.9 Å². The van der Waals surface area contributed by atoms with Gasteiger partial charge in [-0.05, 0) is 25.1 Å². The van der Waals surface area contributed by atoms with Gasteiger partial charge in [0.2, 0.25) is 5.91 Å². The first-order valence-corrected chi connectivity index (χ1v) is 13.0. The maximum atomic E-state index is 15.1. The van der Waals surface area contributed by atoms with Crippen molar-refractivity contribution in [2.75, 3.05) is 55.7 Å². The van der Waals surface area contributed by atoms with Gasteiger partial charge < -0.3 is 34.7 Å². The summed E-state index contributed by atoms with van der Waals surface area (Å²) >= 11 is 0. The highest BCUT2D eigenvalue weighted by Crippen LogP contribution is 2.28. The van der Waals surface area contributed by atoms with E-state index in [1.54, 1.807) is 40.0 Å². The smallest absolute Gasteiger partial charge is 0.414 e. The van der Waals surface area contributed by atoms with Crippen molar-refractivity contribution in [2.24, 2.45) is 5.73 Å². The highest BCUT2D eigenvalue weighted by molar-refractivity contribution is 5.95. The van der Waals surface area contributed by atoms with Gasteiger partial charge >= 0.3 is 12.1 Å². The zero-order chi connectivity index (χ0) is 29.1. The number of rotatable bonds is 8. The summed E-state index contributed by atoms with van der Waals surface area (Å²) in [4.78, 5) is 61.8. The van der Waals surface area contributed by atoms with E-state index in [4.69, 9.17) is 15.2 Å². The van der Waals surface area contributed by atoms with Crippen molar-refractivity contribution in [2.45, 2.75) is 19.1 Å². The normalized spacial score (nSPS) is 17.9. The van der Waals surface area contributed by atoms with Gasteiger partial charge in [0.25, 0.3) is 5.91 Å². The molecule has 0 aliphatic carbocycles. The maximum absolute atomic E-state index is 15.1. The summed E-state index contributed by atoms with van der Waals surface area (Å²) in [5.74, 6) is -1.87. The lowest BCUT2D eigenvalue weighted by molar-refractivity contribution is -0.147. The van der Waals surface area contributed by atoms with Crippen LogP contribution in [0.15, 0.2) is 43.0 Å². The minimum absolute atomic E-state index is 0.0928. The molecule has 4 heterocycles. The highest BCUT2D eigenvalue weighted by Gasteiger charge is 2.34. The minimum Gasteiger partial charge on any atom is -0.461 e. The molecule has 0 spiro atoms. The zero-order valence-corrected chi connectivity index (χ0v) is 22.2. The number of hydrogen-bond donors (Lipinski definition) is 2. The largest absolute Gasteiger partial charge is 0.461 e. The summed E-state index contributed by atoms with van der Waals surface area (Å²) in [7, 11) is 0. The predicted molar refractivity (Wildman–Crippen MR) is 143 cm³/mol. The van der Waals surface area contributed by atoms with E-state index in [9.17, 15) is 19.2 Å². The molecule has 2 fully saturated rings. The van der Waals surface area contributed by atoms with E-state index in [1.165, 1.54) is 24.1 Å². The molecule has 3 N–H and O–H groups in total. The van der Waals surface area contributed by atoms with Gasteiger partial charge in [0, 0.05) is 44.8 Å². The van der Waals surface area contributed by atoms with Gasteiger partial charge in [0.15, 0.2) is 11.8 Å². The van der Waals surface area contributed by atoms with Crippen LogP contribution in [0.1, 0.15) is 17.4 Å². The van der Waals surface area contributed by atoms with E-state index in [-0.39, 0.29) is 31.3 Å². The molecule has 2 aliphatic rings. The average molecular weight is 569 g/mol. The van der Waals surface area contributed by atoms with Gasteiger partial charge in [-0.25, -0.2) is 14.2 Å². The molecule has 2 aliphatic heterocycles. The highest BCUT2D eigenvalue weighted by atomic mass is 19.1. The standard InChI is InChI=1S/C26H29FN8O6/c1-16(28)25(38)40-15-18-13-35(26(39)41-18)17-2-3-21(19(27)10-17)32-6-8-33(9-7-32)23(36)12-30-24(37)20-14-34-5-4-29-11-22(34)31-20/h2-5,10-11,14,16,18H,6-9,12-13,15,28H2,1H3,(H,30,37)/t16-,18+/m0/s1. The molecule has 0 unspecified atom stereocenters. The summed E-state index contributed by atoms with van der Waals surface area (Å²) in [6.45, 7) is 2.70. The number of carbonyl (C=O) groups excluding carboxylic acids is 4. The number of hydrogen-bond acceptors (Lipinski definition) is 10. The third kappa shape index (κ3) is 6.19. The second-order valence-corrected chi connectivity index (χ2v) is 9.69. The van der Waals surface area contributed by atoms with Crippen LogP contribution >= 0.6 is 0 Å². The quantitative estimate of drug-likeness (QED) is 0.358. The lowest BCUT2D eigenvalue weighted by atomic mass is 10.2. The molecular weight excluding hydrogens is 539 g/mol. The number of nitrogens with zero attached hydrogens (tertiary/aromatic N) is 6. The number of ether oxygens (including phenoxy) is 2. The molecule has 3 aromatic rings. The van der Waals surface area contributed by atoms with Gasteiger partial charge in [-0.2, -0.15) is 0 Å². The van der Waals surface area contributed by atoms with Gasteiger partial charge in [0.1, 0.15) is 24.2 Å². The Kier molecular flexibility index (Phi) is 7.96.